The van der Waals surface area contributed by atoms with Crippen molar-refractivity contribution in [3.05, 3.63) is 47.9 Å². The summed E-state index contributed by atoms with van der Waals surface area (Å²) in [7, 11) is 1.56. The molecule has 1 aliphatic carbocycles. The first-order valence-electron chi connectivity index (χ1n) is 17.5. The SMILES string of the molecule is CCc1cccc2cc(O)cc(-c3ncc4c(N5CC6CCC(C6)C5)nc(OCC56CCCN5[C@@H](COC(=O)NC)CC6)nc4c3F)c12. The number of aromatic nitrogens is 3. The summed E-state index contributed by atoms with van der Waals surface area (Å²) in [5.41, 5.74) is 1.70. The lowest BCUT2D eigenvalue weighted by Gasteiger charge is -2.35. The van der Waals surface area contributed by atoms with Crippen molar-refractivity contribution in [2.75, 3.05) is 44.8 Å². The molecule has 252 valence electrons. The summed E-state index contributed by atoms with van der Waals surface area (Å²) < 4.78 is 28.9. The normalized spacial score (nSPS) is 25.1. The van der Waals surface area contributed by atoms with Crippen LogP contribution >= 0.6 is 0 Å². The van der Waals surface area contributed by atoms with Crippen LogP contribution in [0.1, 0.15) is 57.4 Å². The molecule has 48 heavy (non-hydrogen) atoms. The number of rotatable bonds is 8. The molecule has 0 spiro atoms. The maximum absolute atomic E-state index is 17.0. The average Bonchev–Trinajstić information content (AvgIpc) is 3.78. The first-order valence-corrected chi connectivity index (χ1v) is 17.5. The van der Waals surface area contributed by atoms with Crippen LogP contribution in [0.3, 0.4) is 0 Å². The first-order chi connectivity index (χ1) is 23.4. The second-order valence-corrected chi connectivity index (χ2v) is 14.2. The van der Waals surface area contributed by atoms with E-state index in [1.165, 1.54) is 19.3 Å². The fourth-order valence-corrected chi connectivity index (χ4v) is 9.10. The van der Waals surface area contributed by atoms with Gasteiger partial charge in [0.05, 0.1) is 10.9 Å². The Bertz CT molecular complexity index is 1880. The highest BCUT2D eigenvalue weighted by atomic mass is 19.1. The number of halogens is 1. The number of nitrogens with zero attached hydrogens (tertiary/aromatic N) is 5. The highest BCUT2D eigenvalue weighted by Gasteiger charge is 2.50. The average molecular weight is 655 g/mol. The van der Waals surface area contributed by atoms with Gasteiger partial charge in [0.2, 0.25) is 0 Å². The molecule has 4 atom stereocenters. The van der Waals surface area contributed by atoms with Gasteiger partial charge in [0.15, 0.2) is 5.82 Å². The van der Waals surface area contributed by atoms with Gasteiger partial charge < -0.3 is 24.8 Å². The molecule has 3 aliphatic heterocycles. The van der Waals surface area contributed by atoms with Crippen LogP contribution in [0.25, 0.3) is 32.9 Å². The Kier molecular flexibility index (Phi) is 7.97. The van der Waals surface area contributed by atoms with Crippen LogP contribution in [0.5, 0.6) is 11.8 Å². The zero-order valence-corrected chi connectivity index (χ0v) is 27.7. The van der Waals surface area contributed by atoms with Crippen LogP contribution in [0, 0.1) is 17.7 Å². The third-order valence-electron chi connectivity index (χ3n) is 11.3. The van der Waals surface area contributed by atoms with Gasteiger partial charge >= 0.3 is 12.1 Å². The zero-order chi connectivity index (χ0) is 33.0. The molecule has 2 N–H and O–H groups in total. The van der Waals surface area contributed by atoms with Crippen molar-refractivity contribution in [2.24, 2.45) is 11.8 Å². The number of pyridine rings is 1. The summed E-state index contributed by atoms with van der Waals surface area (Å²) in [6.45, 7) is 5.42. The zero-order valence-electron chi connectivity index (χ0n) is 27.7. The van der Waals surface area contributed by atoms with Crippen molar-refractivity contribution in [1.29, 1.82) is 0 Å². The molecule has 4 fully saturated rings. The quantitative estimate of drug-likeness (QED) is 0.229. The van der Waals surface area contributed by atoms with E-state index in [-0.39, 0.29) is 34.6 Å². The number of hydrogen-bond acceptors (Lipinski definition) is 9. The van der Waals surface area contributed by atoms with Crippen LogP contribution in [0.2, 0.25) is 0 Å². The van der Waals surface area contributed by atoms with Crippen molar-refractivity contribution >= 4 is 33.6 Å². The van der Waals surface area contributed by atoms with Crippen molar-refractivity contribution in [1.82, 2.24) is 25.2 Å². The Morgan fingerprint density at radius 1 is 1.15 bits per heavy atom. The molecule has 2 aromatic carbocycles. The number of phenols is 1. The van der Waals surface area contributed by atoms with Crippen LogP contribution in [-0.2, 0) is 11.2 Å². The molecule has 10 nitrogen and oxygen atoms in total. The van der Waals surface area contributed by atoms with E-state index in [4.69, 9.17) is 24.4 Å². The van der Waals surface area contributed by atoms with Gasteiger partial charge in [0.25, 0.3) is 0 Å². The van der Waals surface area contributed by atoms with Crippen molar-refractivity contribution < 1.29 is 23.8 Å². The van der Waals surface area contributed by atoms with E-state index in [0.29, 0.717) is 41.8 Å². The molecule has 1 amide bonds. The minimum absolute atomic E-state index is 0.0548. The molecule has 4 aliphatic rings. The minimum Gasteiger partial charge on any atom is -0.508 e. The number of alkyl carbamates (subject to hydrolysis) is 1. The van der Waals surface area contributed by atoms with E-state index < -0.39 is 11.9 Å². The summed E-state index contributed by atoms with van der Waals surface area (Å²) in [6.07, 6.45) is 9.48. The summed E-state index contributed by atoms with van der Waals surface area (Å²) in [4.78, 5) is 30.9. The second kappa shape index (κ2) is 12.3. The highest BCUT2D eigenvalue weighted by Crippen LogP contribution is 2.44. The molecule has 2 aromatic heterocycles. The lowest BCUT2D eigenvalue weighted by molar-refractivity contribution is 0.0556. The predicted octanol–water partition coefficient (Wildman–Crippen LogP) is 6.22. The van der Waals surface area contributed by atoms with Crippen LogP contribution in [0.15, 0.2) is 36.5 Å². The van der Waals surface area contributed by atoms with Gasteiger partial charge in [-0.15, -0.1) is 0 Å². The number of amides is 1. The number of carbonyl (C=O) groups excluding carboxylic acids is 1. The number of fused-ring (bicyclic) bond motifs is 5. The van der Waals surface area contributed by atoms with Gasteiger partial charge in [0, 0.05) is 37.9 Å². The van der Waals surface area contributed by atoms with E-state index in [0.717, 1.165) is 68.1 Å². The van der Waals surface area contributed by atoms with Crippen LogP contribution in [0.4, 0.5) is 15.0 Å². The fraction of sp³-hybridized carbons (Fsp3) is 0.514. The molecule has 3 unspecified atom stereocenters. The number of carbonyl (C=O) groups is 1. The second-order valence-electron chi connectivity index (χ2n) is 14.2. The summed E-state index contributed by atoms with van der Waals surface area (Å²) in [5.74, 6) is 1.37. The number of benzene rings is 2. The van der Waals surface area contributed by atoms with Gasteiger partial charge in [-0.05, 0) is 98.2 Å². The number of piperidine rings is 1. The monoisotopic (exact) mass is 654 g/mol. The van der Waals surface area contributed by atoms with E-state index in [1.54, 1.807) is 25.4 Å². The van der Waals surface area contributed by atoms with Gasteiger partial charge in [0.1, 0.15) is 36.0 Å². The Morgan fingerprint density at radius 3 is 2.77 bits per heavy atom. The van der Waals surface area contributed by atoms with Crippen molar-refractivity contribution in [2.45, 2.75) is 69.9 Å². The molecule has 4 aromatic rings. The van der Waals surface area contributed by atoms with Crippen molar-refractivity contribution in [3.63, 3.8) is 0 Å². The molecule has 3 saturated heterocycles. The van der Waals surface area contributed by atoms with Gasteiger partial charge in [-0.3, -0.25) is 9.88 Å². The Balaban J connectivity index is 1.19. The number of anilines is 1. The Labute approximate surface area is 279 Å². The van der Waals surface area contributed by atoms with E-state index in [1.807, 2.05) is 18.2 Å². The number of hydrogen-bond donors (Lipinski definition) is 2. The molecule has 8 rings (SSSR count). The third-order valence-corrected chi connectivity index (χ3v) is 11.3. The smallest absolute Gasteiger partial charge is 0.406 e. The number of aryl methyl sites for hydroxylation is 1. The molecule has 11 heteroatoms. The van der Waals surface area contributed by atoms with Crippen LogP contribution in [-0.4, -0.2) is 82.5 Å². The van der Waals surface area contributed by atoms with Gasteiger partial charge in [-0.25, -0.2) is 9.18 Å². The van der Waals surface area contributed by atoms with Crippen molar-refractivity contribution in [3.8, 4) is 23.0 Å². The molecule has 5 heterocycles. The third kappa shape index (κ3) is 5.36. The maximum Gasteiger partial charge on any atom is 0.406 e. The molecule has 2 bridgehead atoms. The number of ether oxygens (including phenoxy) is 2. The predicted molar refractivity (Wildman–Crippen MR) is 182 cm³/mol. The highest BCUT2D eigenvalue weighted by molar-refractivity contribution is 6.01. The largest absolute Gasteiger partial charge is 0.508 e. The number of nitrogens with one attached hydrogen (secondary N) is 1. The Morgan fingerprint density at radius 2 is 1.98 bits per heavy atom. The lowest BCUT2D eigenvalue weighted by Crippen LogP contribution is -2.48. The lowest BCUT2D eigenvalue weighted by atomic mass is 9.95. The molecule has 0 radical (unpaired) electrons. The van der Waals surface area contributed by atoms with Gasteiger partial charge in [-0.1, -0.05) is 25.1 Å². The summed E-state index contributed by atoms with van der Waals surface area (Å²) in [5, 5.41) is 15.5. The van der Waals surface area contributed by atoms with E-state index in [2.05, 4.69) is 22.0 Å². The maximum atomic E-state index is 17.0. The summed E-state index contributed by atoms with van der Waals surface area (Å²) in [6, 6.07) is 9.50. The molecular weight excluding hydrogens is 611 g/mol. The summed E-state index contributed by atoms with van der Waals surface area (Å²) >= 11 is 0. The van der Waals surface area contributed by atoms with Crippen LogP contribution < -0.4 is 15.0 Å². The van der Waals surface area contributed by atoms with E-state index >= 15 is 4.39 Å². The fourth-order valence-electron chi connectivity index (χ4n) is 9.10. The van der Waals surface area contributed by atoms with E-state index in [9.17, 15) is 9.90 Å². The molecule has 1 saturated carbocycles. The number of phenolic OH excluding ortho intramolecular Hbond substituents is 1. The first kappa shape index (κ1) is 31.0. The molecular formula is C37H43FN6O4. The minimum atomic E-state index is -0.549. The standard InChI is InChI=1S/C37H43FN6O4/c1-3-24-6-4-7-25-15-27(45)16-28(30(24)25)32-31(38)33-29(17-40-32)34(43-18-22-8-9-23(14-22)19-43)42-35(41-33)48-21-37-11-5-13-44(37)26(10-12-37)20-47-36(46)39-2/h4,6-7,15-17,22-23,26,45H,3,5,8-14,18-21H2,1-2H3,(H,39,46)/t22?,23?,26-,37?/m1/s1. The topological polar surface area (TPSA) is 113 Å². The van der Waals surface area contributed by atoms with Gasteiger partial charge in [-0.2, -0.15) is 9.97 Å². The number of aromatic hydroxyl groups is 1. The Hall–Kier alpha value is -4.25.